The van der Waals surface area contributed by atoms with Crippen molar-refractivity contribution in [2.24, 2.45) is 11.8 Å². The summed E-state index contributed by atoms with van der Waals surface area (Å²) >= 11 is 0. The number of aliphatic hydroxyl groups is 1. The van der Waals surface area contributed by atoms with Crippen molar-refractivity contribution in [2.75, 3.05) is 6.61 Å². The molecule has 0 unspecified atom stereocenters. The molecule has 2 atom stereocenters. The van der Waals surface area contributed by atoms with Gasteiger partial charge in [0, 0.05) is 12.4 Å². The highest BCUT2D eigenvalue weighted by atomic mass is 16.3. The van der Waals surface area contributed by atoms with E-state index in [0.717, 1.165) is 5.56 Å². The molecule has 5 nitrogen and oxygen atoms in total. The summed E-state index contributed by atoms with van der Waals surface area (Å²) in [6, 6.07) is 3.23. The molecule has 20 heavy (non-hydrogen) atoms. The summed E-state index contributed by atoms with van der Waals surface area (Å²) in [6.45, 7) is 7.97. The highest BCUT2D eigenvalue weighted by Crippen LogP contribution is 2.20. The second kappa shape index (κ2) is 7.85. The number of rotatable bonds is 6. The number of carbonyl (C=O) groups is 1. The number of hydrogen-bond donors (Lipinski definition) is 3. The number of pyridine rings is 1. The van der Waals surface area contributed by atoms with E-state index in [1.54, 1.807) is 12.4 Å². The minimum absolute atomic E-state index is 0.0628. The largest absolute Gasteiger partial charge is 0.394 e. The Bertz CT molecular complexity index is 407. The lowest BCUT2D eigenvalue weighted by atomic mass is 9.97. The third kappa shape index (κ3) is 4.81. The molecule has 1 rings (SSSR count). The highest BCUT2D eigenvalue weighted by Gasteiger charge is 2.20. The van der Waals surface area contributed by atoms with Crippen LogP contribution in [-0.4, -0.2) is 28.8 Å². The van der Waals surface area contributed by atoms with Crippen LogP contribution in [0.3, 0.4) is 0 Å². The van der Waals surface area contributed by atoms with Gasteiger partial charge in [-0.2, -0.15) is 0 Å². The summed E-state index contributed by atoms with van der Waals surface area (Å²) in [5.74, 6) is 0.443. The molecule has 3 N–H and O–H groups in total. The smallest absolute Gasteiger partial charge is 0.315 e. The molecule has 0 aliphatic carbocycles. The van der Waals surface area contributed by atoms with Crippen LogP contribution in [0.5, 0.6) is 0 Å². The van der Waals surface area contributed by atoms with Crippen molar-refractivity contribution >= 4 is 6.03 Å². The number of amides is 2. The zero-order chi connectivity index (χ0) is 15.1. The maximum absolute atomic E-state index is 12.1. The number of hydrogen-bond acceptors (Lipinski definition) is 3. The van der Waals surface area contributed by atoms with Crippen LogP contribution in [0, 0.1) is 11.8 Å². The predicted molar refractivity (Wildman–Crippen MR) is 79.2 cm³/mol. The highest BCUT2D eigenvalue weighted by molar-refractivity contribution is 5.74. The lowest BCUT2D eigenvalue weighted by molar-refractivity contribution is 0.194. The fourth-order valence-corrected chi connectivity index (χ4v) is 1.98. The fourth-order valence-electron chi connectivity index (χ4n) is 1.98. The standard InChI is InChI=1S/C15H25N3O2/c1-10(2)13(9-19)17-15(20)18-14(11(3)4)12-5-7-16-8-6-12/h5-8,10-11,13-14,19H,9H2,1-4H3,(H2,17,18,20)/t13-,14+/m1/s1. The summed E-state index contributed by atoms with van der Waals surface area (Å²) in [5, 5.41) is 15.0. The van der Waals surface area contributed by atoms with Crippen LogP contribution < -0.4 is 10.6 Å². The van der Waals surface area contributed by atoms with Crippen LogP contribution in [-0.2, 0) is 0 Å². The van der Waals surface area contributed by atoms with Crippen LogP contribution in [0.25, 0.3) is 0 Å². The number of nitrogens with one attached hydrogen (secondary N) is 2. The van der Waals surface area contributed by atoms with Crippen LogP contribution in [0.15, 0.2) is 24.5 Å². The first-order valence-corrected chi connectivity index (χ1v) is 7.03. The molecule has 0 aromatic carbocycles. The van der Waals surface area contributed by atoms with Gasteiger partial charge in [0.25, 0.3) is 0 Å². The SMILES string of the molecule is CC(C)[C@H](NC(=O)N[C@H](CO)C(C)C)c1ccncc1. The van der Waals surface area contributed by atoms with Crippen molar-refractivity contribution in [2.45, 2.75) is 39.8 Å². The molecule has 0 saturated heterocycles. The number of nitrogens with zero attached hydrogens (tertiary/aromatic N) is 1. The average molecular weight is 279 g/mol. The van der Waals surface area contributed by atoms with Gasteiger partial charge in [0.1, 0.15) is 0 Å². The Morgan fingerprint density at radius 3 is 2.20 bits per heavy atom. The van der Waals surface area contributed by atoms with Crippen molar-refractivity contribution in [3.05, 3.63) is 30.1 Å². The van der Waals surface area contributed by atoms with Gasteiger partial charge >= 0.3 is 6.03 Å². The van der Waals surface area contributed by atoms with Crippen molar-refractivity contribution < 1.29 is 9.90 Å². The Balaban J connectivity index is 2.70. The molecule has 1 aromatic rings. The van der Waals surface area contributed by atoms with Gasteiger partial charge in [0.15, 0.2) is 0 Å². The van der Waals surface area contributed by atoms with E-state index in [0.29, 0.717) is 0 Å². The summed E-state index contributed by atoms with van der Waals surface area (Å²) in [6.07, 6.45) is 3.43. The van der Waals surface area contributed by atoms with Gasteiger partial charge in [-0.3, -0.25) is 4.98 Å². The third-order valence-electron chi connectivity index (χ3n) is 3.34. The Kier molecular flexibility index (Phi) is 6.45. The van der Waals surface area contributed by atoms with Gasteiger partial charge in [-0.1, -0.05) is 27.7 Å². The summed E-state index contributed by atoms with van der Waals surface area (Å²) in [5.41, 5.74) is 1.02. The van der Waals surface area contributed by atoms with Crippen molar-refractivity contribution in [3.8, 4) is 0 Å². The lowest BCUT2D eigenvalue weighted by Gasteiger charge is -2.26. The van der Waals surface area contributed by atoms with E-state index in [2.05, 4.69) is 29.5 Å². The summed E-state index contributed by atoms with van der Waals surface area (Å²) in [4.78, 5) is 16.0. The van der Waals surface area contributed by atoms with E-state index in [-0.39, 0.29) is 36.6 Å². The quantitative estimate of drug-likeness (QED) is 0.746. The Hall–Kier alpha value is -1.62. The molecule has 0 aliphatic heterocycles. The monoisotopic (exact) mass is 279 g/mol. The summed E-state index contributed by atoms with van der Waals surface area (Å²) < 4.78 is 0. The summed E-state index contributed by atoms with van der Waals surface area (Å²) in [7, 11) is 0. The van der Waals surface area contributed by atoms with Gasteiger partial charge in [0.2, 0.25) is 0 Å². The first kappa shape index (κ1) is 16.4. The van der Waals surface area contributed by atoms with Crippen LogP contribution in [0.1, 0.15) is 39.3 Å². The third-order valence-corrected chi connectivity index (χ3v) is 3.34. The minimum atomic E-state index is -0.256. The van der Waals surface area contributed by atoms with Gasteiger partial charge in [0.05, 0.1) is 18.7 Å². The molecule has 0 bridgehead atoms. The minimum Gasteiger partial charge on any atom is -0.394 e. The van der Waals surface area contributed by atoms with E-state index >= 15 is 0 Å². The lowest BCUT2D eigenvalue weighted by Crippen LogP contribution is -2.48. The number of carbonyl (C=O) groups excluding carboxylic acids is 1. The Labute approximate surface area is 120 Å². The van der Waals surface area contributed by atoms with Crippen LogP contribution in [0.4, 0.5) is 4.79 Å². The van der Waals surface area contributed by atoms with Gasteiger partial charge in [-0.15, -0.1) is 0 Å². The first-order chi connectivity index (χ1) is 9.45. The van der Waals surface area contributed by atoms with Crippen LogP contribution >= 0.6 is 0 Å². The normalized spacial score (nSPS) is 14.2. The first-order valence-electron chi connectivity index (χ1n) is 7.03. The molecular weight excluding hydrogens is 254 g/mol. The molecule has 0 spiro atoms. The molecule has 1 heterocycles. The Morgan fingerprint density at radius 1 is 1.15 bits per heavy atom. The van der Waals surface area contributed by atoms with Gasteiger partial charge in [-0.25, -0.2) is 4.79 Å². The molecule has 0 saturated carbocycles. The maximum Gasteiger partial charge on any atom is 0.315 e. The van der Waals surface area contributed by atoms with E-state index in [9.17, 15) is 9.90 Å². The fraction of sp³-hybridized carbons (Fsp3) is 0.600. The Morgan fingerprint density at radius 2 is 1.75 bits per heavy atom. The zero-order valence-corrected chi connectivity index (χ0v) is 12.6. The molecule has 2 amide bonds. The molecule has 5 heteroatoms. The molecule has 0 aliphatic rings. The number of aromatic nitrogens is 1. The molecule has 0 radical (unpaired) electrons. The maximum atomic E-state index is 12.1. The second-order valence-electron chi connectivity index (χ2n) is 5.65. The predicted octanol–water partition coefficient (Wildman–Crippen LogP) is 2.09. The van der Waals surface area contributed by atoms with Crippen molar-refractivity contribution in [3.63, 3.8) is 0 Å². The van der Waals surface area contributed by atoms with Gasteiger partial charge in [-0.05, 0) is 29.5 Å². The molecule has 0 fully saturated rings. The van der Waals surface area contributed by atoms with E-state index in [1.165, 1.54) is 0 Å². The zero-order valence-electron chi connectivity index (χ0n) is 12.6. The number of urea groups is 1. The second-order valence-corrected chi connectivity index (χ2v) is 5.65. The topological polar surface area (TPSA) is 74.2 Å². The van der Waals surface area contributed by atoms with Crippen molar-refractivity contribution in [1.29, 1.82) is 0 Å². The van der Waals surface area contributed by atoms with Gasteiger partial charge < -0.3 is 15.7 Å². The number of aliphatic hydroxyl groups excluding tert-OH is 1. The molecular formula is C15H25N3O2. The molecule has 112 valence electrons. The molecule has 1 aromatic heterocycles. The van der Waals surface area contributed by atoms with Crippen molar-refractivity contribution in [1.82, 2.24) is 15.6 Å². The average Bonchev–Trinajstić information content (AvgIpc) is 2.42. The van der Waals surface area contributed by atoms with E-state index < -0.39 is 0 Å². The van der Waals surface area contributed by atoms with Crippen LogP contribution in [0.2, 0.25) is 0 Å². The van der Waals surface area contributed by atoms with E-state index in [1.807, 2.05) is 26.0 Å². The van der Waals surface area contributed by atoms with E-state index in [4.69, 9.17) is 0 Å².